The quantitative estimate of drug-likeness (QED) is 0.860. The Morgan fingerprint density at radius 1 is 1.36 bits per heavy atom. The highest BCUT2D eigenvalue weighted by Crippen LogP contribution is 2.27. The molecule has 7 nitrogen and oxygen atoms in total. The van der Waals surface area contributed by atoms with Gasteiger partial charge in [0.05, 0.1) is 6.61 Å². The number of hydrogen-bond acceptors (Lipinski definition) is 6. The summed E-state index contributed by atoms with van der Waals surface area (Å²) in [5.41, 5.74) is -1.20. The normalized spacial score (nSPS) is 11.3. The topological polar surface area (TPSA) is 81.4 Å². The molecule has 0 atom stereocenters. The number of carbonyl (C=O) groups is 1. The summed E-state index contributed by atoms with van der Waals surface area (Å²) in [6.45, 7) is 2.03. The maximum Gasteiger partial charge on any atom is 0.435 e. The number of amides is 1. The van der Waals surface area contributed by atoms with Gasteiger partial charge in [0.15, 0.2) is 17.2 Å². The first-order chi connectivity index (χ1) is 10.3. The average Bonchev–Trinajstić information content (AvgIpc) is 2.94. The lowest BCUT2D eigenvalue weighted by Gasteiger charge is -2.14. The van der Waals surface area contributed by atoms with Crippen LogP contribution in [-0.2, 0) is 6.18 Å². The van der Waals surface area contributed by atoms with Gasteiger partial charge in [0.25, 0.3) is 5.91 Å². The van der Waals surface area contributed by atoms with E-state index >= 15 is 0 Å². The molecule has 0 aliphatic carbocycles. The maximum absolute atomic E-state index is 12.4. The van der Waals surface area contributed by atoms with Crippen molar-refractivity contribution in [3.8, 4) is 6.08 Å². The predicted octanol–water partition coefficient (Wildman–Crippen LogP) is 2.16. The lowest BCUT2D eigenvalue weighted by atomic mass is 10.3. The zero-order valence-electron chi connectivity index (χ0n) is 11.6. The van der Waals surface area contributed by atoms with Crippen molar-refractivity contribution in [3.05, 3.63) is 29.8 Å². The van der Waals surface area contributed by atoms with Gasteiger partial charge in [0.2, 0.25) is 0 Å². The molecule has 0 saturated heterocycles. The summed E-state index contributed by atoms with van der Waals surface area (Å²) in [7, 11) is 1.33. The second-order valence-electron chi connectivity index (χ2n) is 4.07. The molecular weight excluding hydrogens is 305 g/mol. The van der Waals surface area contributed by atoms with Crippen molar-refractivity contribution in [2.24, 2.45) is 0 Å². The summed E-state index contributed by atoms with van der Waals surface area (Å²) in [6.07, 6.45) is -3.58. The first-order valence-electron chi connectivity index (χ1n) is 6.10. The SMILES string of the molecule is CCOc1nc(C(=O)N(C)c2ccc(C(F)(F)F)nn2)co1. The van der Waals surface area contributed by atoms with E-state index in [2.05, 4.69) is 15.2 Å². The van der Waals surface area contributed by atoms with Crippen LogP contribution in [0.1, 0.15) is 23.1 Å². The zero-order valence-corrected chi connectivity index (χ0v) is 11.6. The Bertz CT molecular complexity index is 654. The fourth-order valence-corrected chi connectivity index (χ4v) is 1.48. The van der Waals surface area contributed by atoms with Gasteiger partial charge in [0, 0.05) is 7.05 Å². The minimum absolute atomic E-state index is 0.0565. The highest BCUT2D eigenvalue weighted by Gasteiger charge is 2.33. The minimum Gasteiger partial charge on any atom is -0.450 e. The van der Waals surface area contributed by atoms with Crippen LogP contribution < -0.4 is 9.64 Å². The molecule has 22 heavy (non-hydrogen) atoms. The second-order valence-corrected chi connectivity index (χ2v) is 4.07. The first kappa shape index (κ1) is 15.7. The third-order valence-electron chi connectivity index (χ3n) is 2.56. The molecule has 0 bridgehead atoms. The summed E-state index contributed by atoms with van der Waals surface area (Å²) in [5.74, 6) is -0.678. The van der Waals surface area contributed by atoms with Crippen LogP contribution in [0, 0.1) is 0 Å². The number of oxazole rings is 1. The molecule has 2 aromatic rings. The Balaban J connectivity index is 2.16. The lowest BCUT2D eigenvalue weighted by Crippen LogP contribution is -2.28. The Labute approximate surface area is 122 Å². The van der Waals surface area contributed by atoms with E-state index in [1.807, 2.05) is 0 Å². The Morgan fingerprint density at radius 3 is 2.64 bits per heavy atom. The molecule has 0 spiro atoms. The van der Waals surface area contributed by atoms with E-state index in [-0.39, 0.29) is 17.6 Å². The molecule has 0 aliphatic rings. The molecule has 1 amide bonds. The van der Waals surface area contributed by atoms with Crippen molar-refractivity contribution < 1.29 is 27.1 Å². The van der Waals surface area contributed by atoms with Crippen LogP contribution in [0.2, 0.25) is 0 Å². The van der Waals surface area contributed by atoms with Gasteiger partial charge in [-0.3, -0.25) is 9.69 Å². The van der Waals surface area contributed by atoms with Crippen molar-refractivity contribution in [1.29, 1.82) is 0 Å². The van der Waals surface area contributed by atoms with Crippen LogP contribution in [0.4, 0.5) is 19.0 Å². The van der Waals surface area contributed by atoms with E-state index in [0.29, 0.717) is 6.61 Å². The Morgan fingerprint density at radius 2 is 2.09 bits per heavy atom. The number of carbonyl (C=O) groups excluding carboxylic acids is 1. The standard InChI is InChI=1S/C12H11F3N4O3/c1-3-21-11-16-7(6-22-11)10(20)19(2)9-5-4-8(17-18-9)12(13,14)15/h4-6H,3H2,1-2H3. The van der Waals surface area contributed by atoms with Crippen LogP contribution in [0.3, 0.4) is 0 Å². The van der Waals surface area contributed by atoms with Gasteiger partial charge in [-0.15, -0.1) is 10.2 Å². The van der Waals surface area contributed by atoms with Gasteiger partial charge in [-0.1, -0.05) is 0 Å². The number of alkyl halides is 3. The van der Waals surface area contributed by atoms with Crippen LogP contribution in [0.15, 0.2) is 22.8 Å². The summed E-state index contributed by atoms with van der Waals surface area (Å²) >= 11 is 0. The molecule has 118 valence electrons. The molecule has 0 N–H and O–H groups in total. The second kappa shape index (κ2) is 6.00. The number of ether oxygens (including phenoxy) is 1. The Kier molecular flexibility index (Phi) is 4.29. The highest BCUT2D eigenvalue weighted by molar-refractivity contribution is 6.03. The molecule has 0 saturated carbocycles. The average molecular weight is 316 g/mol. The number of rotatable bonds is 4. The van der Waals surface area contributed by atoms with Gasteiger partial charge in [-0.05, 0) is 19.1 Å². The minimum atomic E-state index is -4.59. The molecular formula is C12H11F3N4O3. The van der Waals surface area contributed by atoms with Crippen molar-refractivity contribution >= 4 is 11.7 Å². The van der Waals surface area contributed by atoms with E-state index in [1.165, 1.54) is 7.05 Å². The van der Waals surface area contributed by atoms with Gasteiger partial charge in [0.1, 0.15) is 6.26 Å². The fourth-order valence-electron chi connectivity index (χ4n) is 1.48. The number of nitrogens with zero attached hydrogens (tertiary/aromatic N) is 4. The number of aromatic nitrogens is 3. The van der Waals surface area contributed by atoms with Crippen molar-refractivity contribution in [1.82, 2.24) is 15.2 Å². The first-order valence-corrected chi connectivity index (χ1v) is 6.10. The van der Waals surface area contributed by atoms with Crippen molar-refractivity contribution in [2.75, 3.05) is 18.6 Å². The van der Waals surface area contributed by atoms with Crippen LogP contribution in [-0.4, -0.2) is 34.7 Å². The summed E-state index contributed by atoms with van der Waals surface area (Å²) in [6, 6.07) is 1.78. The summed E-state index contributed by atoms with van der Waals surface area (Å²) < 4.78 is 47.1. The zero-order chi connectivity index (χ0) is 16.3. The monoisotopic (exact) mass is 316 g/mol. The third kappa shape index (κ3) is 3.32. The van der Waals surface area contributed by atoms with Gasteiger partial charge < -0.3 is 9.15 Å². The van der Waals surface area contributed by atoms with E-state index in [9.17, 15) is 18.0 Å². The summed E-state index contributed by atoms with van der Waals surface area (Å²) in [5, 5.41) is 6.42. The van der Waals surface area contributed by atoms with Crippen LogP contribution in [0.25, 0.3) is 0 Å². The van der Waals surface area contributed by atoms with Crippen molar-refractivity contribution in [2.45, 2.75) is 13.1 Å². The lowest BCUT2D eigenvalue weighted by molar-refractivity contribution is -0.141. The van der Waals surface area contributed by atoms with E-state index < -0.39 is 17.8 Å². The number of halogens is 3. The van der Waals surface area contributed by atoms with Gasteiger partial charge in [-0.2, -0.15) is 18.2 Å². The van der Waals surface area contributed by atoms with E-state index in [1.54, 1.807) is 6.92 Å². The molecule has 0 fully saturated rings. The molecule has 2 heterocycles. The number of hydrogen-bond donors (Lipinski definition) is 0. The van der Waals surface area contributed by atoms with Crippen LogP contribution in [0.5, 0.6) is 6.08 Å². The third-order valence-corrected chi connectivity index (χ3v) is 2.56. The highest BCUT2D eigenvalue weighted by atomic mass is 19.4. The Hall–Kier alpha value is -2.65. The largest absolute Gasteiger partial charge is 0.450 e. The predicted molar refractivity (Wildman–Crippen MR) is 67.4 cm³/mol. The molecule has 2 rings (SSSR count). The molecule has 0 aliphatic heterocycles. The molecule has 0 aromatic carbocycles. The number of anilines is 1. The molecule has 0 radical (unpaired) electrons. The molecule has 2 aromatic heterocycles. The van der Waals surface area contributed by atoms with Crippen LogP contribution >= 0.6 is 0 Å². The van der Waals surface area contributed by atoms with E-state index in [0.717, 1.165) is 23.3 Å². The van der Waals surface area contributed by atoms with E-state index in [4.69, 9.17) is 9.15 Å². The smallest absolute Gasteiger partial charge is 0.435 e. The van der Waals surface area contributed by atoms with Gasteiger partial charge in [-0.25, -0.2) is 0 Å². The molecule has 0 unspecified atom stereocenters. The van der Waals surface area contributed by atoms with Crippen molar-refractivity contribution in [3.63, 3.8) is 0 Å². The molecule has 10 heteroatoms. The maximum atomic E-state index is 12.4. The fraction of sp³-hybridized carbons (Fsp3) is 0.333. The summed E-state index contributed by atoms with van der Waals surface area (Å²) in [4.78, 5) is 16.9. The van der Waals surface area contributed by atoms with Gasteiger partial charge >= 0.3 is 12.3 Å².